The van der Waals surface area contributed by atoms with Crippen molar-refractivity contribution in [1.29, 1.82) is 0 Å². The van der Waals surface area contributed by atoms with E-state index in [4.69, 9.17) is 5.73 Å². The van der Waals surface area contributed by atoms with Crippen molar-refractivity contribution in [3.05, 3.63) is 28.2 Å². The van der Waals surface area contributed by atoms with Crippen LogP contribution in [0.3, 0.4) is 0 Å². The smallest absolute Gasteiger partial charge is 0.325 e. The van der Waals surface area contributed by atoms with Crippen LogP contribution < -0.4 is 5.73 Å². The van der Waals surface area contributed by atoms with Crippen molar-refractivity contribution >= 4 is 33.5 Å². The molecule has 19 heavy (non-hydrogen) atoms. The van der Waals surface area contributed by atoms with Gasteiger partial charge in [0, 0.05) is 12.2 Å². The van der Waals surface area contributed by atoms with E-state index in [2.05, 4.69) is 20.7 Å². The van der Waals surface area contributed by atoms with Gasteiger partial charge >= 0.3 is 5.97 Å². The minimum absolute atomic E-state index is 0.0651. The number of benzene rings is 1. The molecule has 0 unspecified atom stereocenters. The Morgan fingerprint density at radius 3 is 2.68 bits per heavy atom. The molecule has 0 spiro atoms. The molecule has 1 amide bonds. The van der Waals surface area contributed by atoms with E-state index in [1.807, 2.05) is 6.92 Å². The molecule has 0 atom stereocenters. The molecule has 0 saturated heterocycles. The zero-order valence-corrected chi connectivity index (χ0v) is 12.6. The number of amides is 1. The molecule has 0 saturated carbocycles. The van der Waals surface area contributed by atoms with Crippen LogP contribution in [0.4, 0.5) is 5.69 Å². The Hall–Kier alpha value is -1.56. The first-order chi connectivity index (χ1) is 9.01. The Morgan fingerprint density at radius 1 is 1.42 bits per heavy atom. The summed E-state index contributed by atoms with van der Waals surface area (Å²) < 4.78 is 5.14. The van der Waals surface area contributed by atoms with E-state index in [-0.39, 0.29) is 12.5 Å². The predicted octanol–water partition coefficient (Wildman–Crippen LogP) is 2.06. The summed E-state index contributed by atoms with van der Waals surface area (Å²) in [5.41, 5.74) is 6.68. The molecule has 104 valence electrons. The summed E-state index contributed by atoms with van der Waals surface area (Å²) in [5, 5.41) is 0. The first kappa shape index (κ1) is 15.5. The van der Waals surface area contributed by atoms with Crippen LogP contribution in [0.2, 0.25) is 0 Å². The van der Waals surface area contributed by atoms with Gasteiger partial charge in [0.15, 0.2) is 0 Å². The van der Waals surface area contributed by atoms with Gasteiger partial charge in [-0.05, 0) is 34.5 Å². The van der Waals surface area contributed by atoms with Crippen LogP contribution in [0.25, 0.3) is 0 Å². The number of ether oxygens (including phenoxy) is 1. The fourth-order valence-corrected chi connectivity index (χ4v) is 2.06. The highest BCUT2D eigenvalue weighted by Crippen LogP contribution is 2.25. The summed E-state index contributed by atoms with van der Waals surface area (Å²) in [6.45, 7) is 2.35. The van der Waals surface area contributed by atoms with Crippen molar-refractivity contribution in [1.82, 2.24) is 4.90 Å². The monoisotopic (exact) mass is 328 g/mol. The molecule has 0 aliphatic heterocycles. The Kier molecular flexibility index (Phi) is 5.82. The van der Waals surface area contributed by atoms with Crippen LogP contribution in [-0.2, 0) is 9.53 Å². The van der Waals surface area contributed by atoms with Crippen LogP contribution in [0.15, 0.2) is 22.7 Å². The molecular weight excluding hydrogens is 312 g/mol. The van der Waals surface area contributed by atoms with Gasteiger partial charge in [-0.1, -0.05) is 13.0 Å². The zero-order chi connectivity index (χ0) is 14.4. The summed E-state index contributed by atoms with van der Waals surface area (Å²) >= 11 is 3.29. The number of rotatable bonds is 5. The maximum atomic E-state index is 12.4. The number of carbonyl (C=O) groups is 2. The lowest BCUT2D eigenvalue weighted by Gasteiger charge is -2.21. The van der Waals surface area contributed by atoms with Gasteiger partial charge in [0.05, 0.1) is 17.1 Å². The Labute approximate surface area is 120 Å². The zero-order valence-electron chi connectivity index (χ0n) is 11.0. The largest absolute Gasteiger partial charge is 0.468 e. The molecule has 6 heteroatoms. The topological polar surface area (TPSA) is 72.6 Å². The molecule has 0 aromatic heterocycles. The lowest BCUT2D eigenvalue weighted by molar-refractivity contribution is -0.141. The van der Waals surface area contributed by atoms with Crippen LogP contribution in [0, 0.1) is 0 Å². The number of hydrogen-bond donors (Lipinski definition) is 1. The normalized spacial score (nSPS) is 10.1. The molecule has 1 aromatic carbocycles. The highest BCUT2D eigenvalue weighted by Gasteiger charge is 2.21. The molecule has 1 aromatic rings. The number of halogens is 1. The number of anilines is 1. The highest BCUT2D eigenvalue weighted by molar-refractivity contribution is 9.10. The van der Waals surface area contributed by atoms with Gasteiger partial charge in [-0.3, -0.25) is 9.59 Å². The van der Waals surface area contributed by atoms with Crippen LogP contribution in [0.1, 0.15) is 23.7 Å². The quantitative estimate of drug-likeness (QED) is 0.663. The third-order valence-electron chi connectivity index (χ3n) is 2.59. The summed E-state index contributed by atoms with van der Waals surface area (Å²) in [5.74, 6) is -0.687. The number of nitrogen functional groups attached to an aromatic ring is 1. The van der Waals surface area contributed by atoms with Gasteiger partial charge < -0.3 is 15.4 Å². The van der Waals surface area contributed by atoms with E-state index in [1.54, 1.807) is 18.2 Å². The maximum Gasteiger partial charge on any atom is 0.325 e. The minimum atomic E-state index is -0.443. The van der Waals surface area contributed by atoms with Crippen LogP contribution in [0.5, 0.6) is 0 Å². The van der Waals surface area contributed by atoms with Crippen molar-refractivity contribution in [2.75, 3.05) is 25.9 Å². The Balaban J connectivity index is 2.98. The lowest BCUT2D eigenvalue weighted by atomic mass is 10.1. The second kappa shape index (κ2) is 7.13. The first-order valence-corrected chi connectivity index (χ1v) is 6.70. The Morgan fingerprint density at radius 2 is 2.11 bits per heavy atom. The van der Waals surface area contributed by atoms with Crippen molar-refractivity contribution in [3.8, 4) is 0 Å². The molecule has 0 radical (unpaired) electrons. The van der Waals surface area contributed by atoms with Crippen molar-refractivity contribution in [3.63, 3.8) is 0 Å². The average Bonchev–Trinajstić information content (AvgIpc) is 2.40. The summed E-state index contributed by atoms with van der Waals surface area (Å²) in [6.07, 6.45) is 0.753. The van der Waals surface area contributed by atoms with Crippen LogP contribution >= 0.6 is 15.9 Å². The molecule has 5 nitrogen and oxygen atoms in total. The van der Waals surface area contributed by atoms with Crippen molar-refractivity contribution < 1.29 is 14.3 Å². The molecular formula is C13H17BrN2O3. The SMILES string of the molecule is CCCN(CC(=O)OC)C(=O)c1cccc(N)c1Br. The predicted molar refractivity (Wildman–Crippen MR) is 76.8 cm³/mol. The van der Waals surface area contributed by atoms with Gasteiger partial charge in [0.2, 0.25) is 0 Å². The highest BCUT2D eigenvalue weighted by atomic mass is 79.9. The molecule has 0 aliphatic rings. The fourth-order valence-electron chi connectivity index (χ4n) is 1.63. The number of nitrogens with zero attached hydrogens (tertiary/aromatic N) is 1. The number of nitrogens with two attached hydrogens (primary N) is 1. The second-order valence-corrected chi connectivity index (χ2v) is 4.80. The minimum Gasteiger partial charge on any atom is -0.468 e. The van der Waals surface area contributed by atoms with Crippen molar-refractivity contribution in [2.24, 2.45) is 0 Å². The third kappa shape index (κ3) is 3.96. The Bertz CT molecular complexity index is 477. The van der Waals surface area contributed by atoms with E-state index < -0.39 is 5.97 Å². The number of hydrogen-bond acceptors (Lipinski definition) is 4. The van der Waals surface area contributed by atoms with E-state index >= 15 is 0 Å². The first-order valence-electron chi connectivity index (χ1n) is 5.91. The summed E-state index contributed by atoms with van der Waals surface area (Å²) in [6, 6.07) is 5.07. The molecule has 0 bridgehead atoms. The third-order valence-corrected chi connectivity index (χ3v) is 3.47. The van der Waals surface area contributed by atoms with E-state index in [0.717, 1.165) is 6.42 Å². The molecule has 1 rings (SSSR count). The molecule has 0 aliphatic carbocycles. The fraction of sp³-hybridized carbons (Fsp3) is 0.385. The lowest BCUT2D eigenvalue weighted by Crippen LogP contribution is -2.37. The summed E-state index contributed by atoms with van der Waals surface area (Å²) in [7, 11) is 1.30. The molecule has 2 N–H and O–H groups in total. The van der Waals surface area contributed by atoms with Gasteiger partial charge in [0.25, 0.3) is 5.91 Å². The van der Waals surface area contributed by atoms with Gasteiger partial charge in [-0.25, -0.2) is 0 Å². The molecule has 0 fully saturated rings. The maximum absolute atomic E-state index is 12.4. The standard InChI is InChI=1S/C13H17BrN2O3/c1-3-7-16(8-11(17)19-2)13(18)9-5-4-6-10(15)12(9)14/h4-6H,3,7-8,15H2,1-2H3. The number of esters is 1. The summed E-state index contributed by atoms with van der Waals surface area (Å²) in [4.78, 5) is 25.2. The molecule has 0 heterocycles. The van der Waals surface area contributed by atoms with E-state index in [0.29, 0.717) is 22.3 Å². The van der Waals surface area contributed by atoms with Crippen LogP contribution in [-0.4, -0.2) is 37.0 Å². The van der Waals surface area contributed by atoms with Gasteiger partial charge in [-0.2, -0.15) is 0 Å². The van der Waals surface area contributed by atoms with E-state index in [1.165, 1.54) is 12.0 Å². The van der Waals surface area contributed by atoms with Crippen molar-refractivity contribution in [2.45, 2.75) is 13.3 Å². The average molecular weight is 329 g/mol. The van der Waals surface area contributed by atoms with Gasteiger partial charge in [-0.15, -0.1) is 0 Å². The number of methoxy groups -OCH3 is 1. The number of carbonyl (C=O) groups excluding carboxylic acids is 2. The van der Waals surface area contributed by atoms with E-state index in [9.17, 15) is 9.59 Å². The second-order valence-electron chi connectivity index (χ2n) is 4.01. The van der Waals surface area contributed by atoms with Gasteiger partial charge in [0.1, 0.15) is 6.54 Å².